The van der Waals surface area contributed by atoms with Gasteiger partial charge in [-0.3, -0.25) is 5.10 Å². The summed E-state index contributed by atoms with van der Waals surface area (Å²) >= 11 is 0. The van der Waals surface area contributed by atoms with Gasteiger partial charge >= 0.3 is 0 Å². The Labute approximate surface area is 125 Å². The summed E-state index contributed by atoms with van der Waals surface area (Å²) in [6.45, 7) is 6.13. The zero-order valence-corrected chi connectivity index (χ0v) is 14.0. The zero-order chi connectivity index (χ0) is 15.8. The lowest BCUT2D eigenvalue weighted by atomic mass is 9.65. The van der Waals surface area contributed by atoms with Crippen LogP contribution in [-0.2, 0) is 21.3 Å². The molecule has 0 aliphatic heterocycles. The van der Waals surface area contributed by atoms with Gasteiger partial charge in [0.1, 0.15) is 4.90 Å². The molecule has 0 amide bonds. The molecule has 1 heterocycles. The Hall–Kier alpha value is -0.960. The molecule has 21 heavy (non-hydrogen) atoms. The Balaban J connectivity index is 2.23. The normalized spacial score (nSPS) is 24.8. The number of nitrogens with one attached hydrogen (secondary N) is 3. The predicted molar refractivity (Wildman–Crippen MR) is 79.4 cm³/mol. The van der Waals surface area contributed by atoms with E-state index >= 15 is 0 Å². The molecule has 0 radical (unpaired) electrons. The number of methoxy groups -OCH3 is 1. The maximum atomic E-state index is 12.7. The number of aromatic nitrogens is 2. The molecule has 3 N–H and O–H groups in total. The Bertz CT molecular complexity index is 609. The quantitative estimate of drug-likeness (QED) is 0.711. The highest BCUT2D eigenvalue weighted by Gasteiger charge is 2.50. The Morgan fingerprint density at radius 2 is 2.14 bits per heavy atom. The van der Waals surface area contributed by atoms with Crippen LogP contribution in [0.4, 0.5) is 0 Å². The van der Waals surface area contributed by atoms with Gasteiger partial charge in [0.25, 0.3) is 0 Å². The van der Waals surface area contributed by atoms with E-state index in [2.05, 4.69) is 20.2 Å². The van der Waals surface area contributed by atoms with E-state index in [1.54, 1.807) is 21.1 Å². The summed E-state index contributed by atoms with van der Waals surface area (Å²) in [4.78, 5) is 0.244. The molecule has 1 fully saturated rings. The fourth-order valence-electron chi connectivity index (χ4n) is 2.84. The SMILES string of the molecule is CNCc1n[nH]c(C)c1S(=O)(=O)NC1CC(OC)C1(C)C. The van der Waals surface area contributed by atoms with Crippen molar-refractivity contribution < 1.29 is 13.2 Å². The van der Waals surface area contributed by atoms with E-state index in [1.807, 2.05) is 13.8 Å². The lowest BCUT2D eigenvalue weighted by Gasteiger charge is -2.50. The molecular formula is C13H24N4O3S. The second kappa shape index (κ2) is 5.68. The summed E-state index contributed by atoms with van der Waals surface area (Å²) in [6.07, 6.45) is 0.758. The van der Waals surface area contributed by atoms with E-state index in [-0.39, 0.29) is 22.5 Å². The zero-order valence-electron chi connectivity index (χ0n) is 13.1. The van der Waals surface area contributed by atoms with Crippen molar-refractivity contribution in [2.45, 2.75) is 50.8 Å². The number of nitrogens with zero attached hydrogens (tertiary/aromatic N) is 1. The molecule has 1 aliphatic rings. The first-order chi connectivity index (χ1) is 9.74. The summed E-state index contributed by atoms with van der Waals surface area (Å²) < 4.78 is 33.5. The minimum atomic E-state index is -3.60. The van der Waals surface area contributed by atoms with E-state index in [1.165, 1.54) is 0 Å². The topological polar surface area (TPSA) is 96.1 Å². The second-order valence-corrected chi connectivity index (χ2v) is 7.76. The van der Waals surface area contributed by atoms with Crippen LogP contribution in [0.5, 0.6) is 0 Å². The molecule has 0 aromatic carbocycles. The average molecular weight is 316 g/mol. The lowest BCUT2D eigenvalue weighted by Crippen LogP contribution is -2.61. The number of aryl methyl sites for hydroxylation is 1. The summed E-state index contributed by atoms with van der Waals surface area (Å²) in [6, 6.07) is -0.135. The highest BCUT2D eigenvalue weighted by molar-refractivity contribution is 7.89. The first kappa shape index (κ1) is 16.4. The van der Waals surface area contributed by atoms with Gasteiger partial charge in [0.2, 0.25) is 10.0 Å². The van der Waals surface area contributed by atoms with Crippen molar-refractivity contribution in [3.05, 3.63) is 11.4 Å². The minimum Gasteiger partial charge on any atom is -0.381 e. The Kier molecular flexibility index (Phi) is 4.44. The third-order valence-corrected chi connectivity index (χ3v) is 6.01. The van der Waals surface area contributed by atoms with Crippen LogP contribution in [0.1, 0.15) is 31.7 Å². The lowest BCUT2D eigenvalue weighted by molar-refractivity contribution is -0.0908. The largest absolute Gasteiger partial charge is 0.381 e. The van der Waals surface area contributed by atoms with Crippen molar-refractivity contribution in [1.29, 1.82) is 0 Å². The number of hydrogen-bond donors (Lipinski definition) is 3. The fraction of sp³-hybridized carbons (Fsp3) is 0.769. The van der Waals surface area contributed by atoms with E-state index in [0.29, 0.717) is 24.4 Å². The third kappa shape index (κ3) is 2.85. The summed E-state index contributed by atoms with van der Waals surface area (Å²) in [5.74, 6) is 0. The average Bonchev–Trinajstić information content (AvgIpc) is 2.76. The summed E-state index contributed by atoms with van der Waals surface area (Å²) in [7, 11) is -0.191. The van der Waals surface area contributed by atoms with Crippen LogP contribution in [-0.4, -0.2) is 44.9 Å². The van der Waals surface area contributed by atoms with Gasteiger partial charge in [0, 0.05) is 25.1 Å². The van der Waals surface area contributed by atoms with E-state index in [4.69, 9.17) is 4.74 Å². The van der Waals surface area contributed by atoms with E-state index < -0.39 is 10.0 Å². The standard InChI is InChI=1S/C13H24N4O3S/c1-8-12(9(7-14-4)16-15-8)21(18,19)17-10-6-11(20-5)13(10,2)3/h10-11,14,17H,6-7H2,1-5H3,(H,15,16). The number of sulfonamides is 1. The summed E-state index contributed by atoms with van der Waals surface area (Å²) in [5, 5.41) is 9.73. The van der Waals surface area contributed by atoms with Gasteiger partial charge in [0.05, 0.1) is 17.5 Å². The van der Waals surface area contributed by atoms with Crippen molar-refractivity contribution in [2.75, 3.05) is 14.2 Å². The maximum absolute atomic E-state index is 12.7. The highest BCUT2D eigenvalue weighted by atomic mass is 32.2. The minimum absolute atomic E-state index is 0.0763. The van der Waals surface area contributed by atoms with Gasteiger partial charge in [-0.2, -0.15) is 5.10 Å². The second-order valence-electron chi connectivity index (χ2n) is 6.11. The molecule has 0 saturated heterocycles. The number of ether oxygens (including phenoxy) is 1. The van der Waals surface area contributed by atoms with Crippen LogP contribution in [0.25, 0.3) is 0 Å². The van der Waals surface area contributed by atoms with E-state index in [0.717, 1.165) is 0 Å². The number of aromatic amines is 1. The number of H-pyrrole nitrogens is 1. The molecule has 1 aromatic rings. The Morgan fingerprint density at radius 1 is 1.48 bits per heavy atom. The predicted octanol–water partition coefficient (Wildman–Crippen LogP) is 0.529. The third-order valence-electron chi connectivity index (χ3n) is 4.33. The smallest absolute Gasteiger partial charge is 0.244 e. The van der Waals surface area contributed by atoms with E-state index in [9.17, 15) is 8.42 Å². The van der Waals surface area contributed by atoms with Gasteiger partial charge in [0.15, 0.2) is 0 Å². The first-order valence-electron chi connectivity index (χ1n) is 6.97. The fourth-order valence-corrected chi connectivity index (χ4v) is 4.61. The van der Waals surface area contributed by atoms with Crippen molar-refractivity contribution in [1.82, 2.24) is 20.2 Å². The monoisotopic (exact) mass is 316 g/mol. The molecule has 1 aliphatic carbocycles. The van der Waals surface area contributed by atoms with Gasteiger partial charge in [-0.15, -0.1) is 0 Å². The van der Waals surface area contributed by atoms with Crippen molar-refractivity contribution >= 4 is 10.0 Å². The van der Waals surface area contributed by atoms with Crippen LogP contribution >= 0.6 is 0 Å². The van der Waals surface area contributed by atoms with Crippen molar-refractivity contribution in [3.63, 3.8) is 0 Å². The molecule has 0 spiro atoms. The molecule has 1 saturated carbocycles. The van der Waals surface area contributed by atoms with Crippen LogP contribution in [0.15, 0.2) is 4.90 Å². The molecule has 1 aromatic heterocycles. The molecule has 0 bridgehead atoms. The number of hydrogen-bond acceptors (Lipinski definition) is 5. The van der Waals surface area contributed by atoms with Gasteiger partial charge in [-0.05, 0) is 20.4 Å². The molecule has 2 unspecified atom stereocenters. The van der Waals surface area contributed by atoms with Crippen molar-refractivity contribution in [3.8, 4) is 0 Å². The molecule has 2 rings (SSSR count). The summed E-state index contributed by atoms with van der Waals surface area (Å²) in [5.41, 5.74) is 0.832. The highest BCUT2D eigenvalue weighted by Crippen LogP contribution is 2.43. The van der Waals surface area contributed by atoms with Gasteiger partial charge in [-0.1, -0.05) is 13.8 Å². The molecular weight excluding hydrogens is 292 g/mol. The van der Waals surface area contributed by atoms with Crippen LogP contribution < -0.4 is 10.0 Å². The van der Waals surface area contributed by atoms with Crippen LogP contribution in [0.3, 0.4) is 0 Å². The van der Waals surface area contributed by atoms with Gasteiger partial charge in [-0.25, -0.2) is 13.1 Å². The maximum Gasteiger partial charge on any atom is 0.244 e. The van der Waals surface area contributed by atoms with Gasteiger partial charge < -0.3 is 10.1 Å². The van der Waals surface area contributed by atoms with Crippen LogP contribution in [0, 0.1) is 12.3 Å². The van der Waals surface area contributed by atoms with Crippen LogP contribution in [0.2, 0.25) is 0 Å². The Morgan fingerprint density at radius 3 is 2.67 bits per heavy atom. The first-order valence-corrected chi connectivity index (χ1v) is 8.46. The van der Waals surface area contributed by atoms with Crippen molar-refractivity contribution in [2.24, 2.45) is 5.41 Å². The molecule has 120 valence electrons. The molecule has 8 heteroatoms. The molecule has 2 atom stereocenters. The molecule has 7 nitrogen and oxygen atoms in total. The number of rotatable bonds is 6.